The molecule has 6 heterocycles. The summed E-state index contributed by atoms with van der Waals surface area (Å²) >= 11 is 6.06. The minimum Gasteiger partial charge on any atom is -0.333 e. The van der Waals surface area contributed by atoms with Gasteiger partial charge in [-0.05, 0) is 49.2 Å². The van der Waals surface area contributed by atoms with Crippen LogP contribution in [0.4, 0.5) is 4.39 Å². The summed E-state index contributed by atoms with van der Waals surface area (Å²) < 4.78 is 16.4. The van der Waals surface area contributed by atoms with Crippen molar-refractivity contribution in [2.45, 2.75) is 31.5 Å². The predicted molar refractivity (Wildman–Crippen MR) is 128 cm³/mol. The number of carbonyl (C=O) groups excluding carboxylic acids is 1. The molecule has 0 spiro atoms. The van der Waals surface area contributed by atoms with Crippen LogP contribution in [0.25, 0.3) is 17.0 Å². The topological polar surface area (TPSA) is 53.7 Å². The van der Waals surface area contributed by atoms with Crippen LogP contribution in [-0.2, 0) is 6.54 Å². The number of halogens is 2. The van der Waals surface area contributed by atoms with Gasteiger partial charge < -0.3 is 9.30 Å². The summed E-state index contributed by atoms with van der Waals surface area (Å²) in [5.74, 6) is -0.676. The van der Waals surface area contributed by atoms with Crippen LogP contribution in [0.15, 0.2) is 67.0 Å². The maximum atomic E-state index is 14.3. The molecule has 1 aromatic carbocycles. The van der Waals surface area contributed by atoms with Gasteiger partial charge in [0.2, 0.25) is 0 Å². The molecule has 7 rings (SSSR count). The van der Waals surface area contributed by atoms with Crippen LogP contribution in [0, 0.1) is 5.82 Å². The van der Waals surface area contributed by atoms with Crippen molar-refractivity contribution in [1.82, 2.24) is 24.2 Å². The van der Waals surface area contributed by atoms with E-state index in [0.29, 0.717) is 18.1 Å². The summed E-state index contributed by atoms with van der Waals surface area (Å²) in [6.45, 7) is 2.04. The maximum absolute atomic E-state index is 14.3. The van der Waals surface area contributed by atoms with E-state index in [9.17, 15) is 9.18 Å². The SMILES string of the molecule is O=C(c1ccccc1F)N1CC2CCC1CN2Cc1c(-c2ccc(Cl)cn2)nc2ccccn12. The van der Waals surface area contributed by atoms with Gasteiger partial charge in [0.25, 0.3) is 5.91 Å². The van der Waals surface area contributed by atoms with E-state index < -0.39 is 5.82 Å². The molecular formula is C26H23ClFN5O. The average molecular weight is 476 g/mol. The fourth-order valence-corrected chi connectivity index (χ4v) is 5.37. The first-order chi connectivity index (χ1) is 16.6. The average Bonchev–Trinajstić information content (AvgIpc) is 3.23. The molecule has 2 atom stereocenters. The Morgan fingerprint density at radius 3 is 2.62 bits per heavy atom. The Morgan fingerprint density at radius 2 is 1.85 bits per heavy atom. The minimum atomic E-state index is -0.461. The van der Waals surface area contributed by atoms with E-state index in [0.717, 1.165) is 42.1 Å². The molecule has 0 saturated carbocycles. The van der Waals surface area contributed by atoms with Crippen LogP contribution in [0.3, 0.4) is 0 Å². The third-order valence-electron chi connectivity index (χ3n) is 6.96. The number of pyridine rings is 2. The fraction of sp³-hybridized carbons (Fsp3) is 0.269. The van der Waals surface area contributed by atoms with Gasteiger partial charge in [0, 0.05) is 44.1 Å². The number of benzene rings is 1. The number of piperidine rings is 2. The summed E-state index contributed by atoms with van der Waals surface area (Å²) in [6.07, 6.45) is 5.60. The highest BCUT2D eigenvalue weighted by molar-refractivity contribution is 6.30. The third-order valence-corrected chi connectivity index (χ3v) is 7.18. The first kappa shape index (κ1) is 21.3. The van der Waals surface area contributed by atoms with Crippen molar-refractivity contribution >= 4 is 23.2 Å². The Morgan fingerprint density at radius 1 is 1.03 bits per heavy atom. The lowest BCUT2D eigenvalue weighted by molar-refractivity contribution is -0.0161. The van der Waals surface area contributed by atoms with Crippen molar-refractivity contribution in [2.75, 3.05) is 13.1 Å². The quantitative estimate of drug-likeness (QED) is 0.430. The summed E-state index contributed by atoms with van der Waals surface area (Å²) in [7, 11) is 0. The van der Waals surface area contributed by atoms with E-state index >= 15 is 0 Å². The van der Waals surface area contributed by atoms with Gasteiger partial charge in [0.05, 0.1) is 22.0 Å². The molecular weight excluding hydrogens is 453 g/mol. The van der Waals surface area contributed by atoms with Crippen molar-refractivity contribution in [1.29, 1.82) is 0 Å². The highest BCUT2D eigenvalue weighted by atomic mass is 35.5. The zero-order chi connectivity index (χ0) is 23.2. The van der Waals surface area contributed by atoms with Gasteiger partial charge in [-0.25, -0.2) is 9.37 Å². The van der Waals surface area contributed by atoms with E-state index in [1.54, 1.807) is 24.4 Å². The van der Waals surface area contributed by atoms with Gasteiger partial charge in [0.1, 0.15) is 17.2 Å². The number of carbonyl (C=O) groups is 1. The molecule has 8 heteroatoms. The maximum Gasteiger partial charge on any atom is 0.257 e. The Bertz CT molecular complexity index is 1370. The summed E-state index contributed by atoms with van der Waals surface area (Å²) in [5.41, 5.74) is 3.69. The molecule has 0 radical (unpaired) electrons. The zero-order valence-corrected chi connectivity index (χ0v) is 19.2. The van der Waals surface area contributed by atoms with Crippen molar-refractivity contribution < 1.29 is 9.18 Å². The lowest BCUT2D eigenvalue weighted by atomic mass is 9.90. The van der Waals surface area contributed by atoms with Crippen molar-refractivity contribution in [2.24, 2.45) is 0 Å². The molecule has 0 aliphatic carbocycles. The smallest absolute Gasteiger partial charge is 0.257 e. The number of aromatic nitrogens is 3. The van der Waals surface area contributed by atoms with Crippen molar-refractivity contribution in [3.63, 3.8) is 0 Å². The number of imidazole rings is 1. The highest BCUT2D eigenvalue weighted by Crippen LogP contribution is 2.33. The number of piperazine rings is 1. The normalized spacial score (nSPS) is 20.2. The number of hydrogen-bond donors (Lipinski definition) is 0. The van der Waals surface area contributed by atoms with Gasteiger partial charge in [0.15, 0.2) is 0 Å². The van der Waals surface area contributed by atoms with Crippen LogP contribution in [0.5, 0.6) is 0 Å². The van der Waals surface area contributed by atoms with Gasteiger partial charge in [-0.3, -0.25) is 14.7 Å². The largest absolute Gasteiger partial charge is 0.333 e. The van der Waals surface area contributed by atoms with Gasteiger partial charge in [-0.2, -0.15) is 0 Å². The zero-order valence-electron chi connectivity index (χ0n) is 18.4. The lowest BCUT2D eigenvalue weighted by Gasteiger charge is -2.51. The second-order valence-electron chi connectivity index (χ2n) is 8.95. The molecule has 34 heavy (non-hydrogen) atoms. The molecule has 4 aromatic rings. The molecule has 3 fully saturated rings. The van der Waals surface area contributed by atoms with Crippen LogP contribution in [0.1, 0.15) is 28.9 Å². The highest BCUT2D eigenvalue weighted by Gasteiger charge is 2.42. The van der Waals surface area contributed by atoms with Crippen LogP contribution >= 0.6 is 11.6 Å². The lowest BCUT2D eigenvalue weighted by Crippen LogP contribution is -2.63. The van der Waals surface area contributed by atoms with Crippen LogP contribution in [-0.4, -0.2) is 55.2 Å². The molecule has 172 valence electrons. The van der Waals surface area contributed by atoms with Gasteiger partial charge >= 0.3 is 0 Å². The molecule has 2 bridgehead atoms. The monoisotopic (exact) mass is 475 g/mol. The van der Waals surface area contributed by atoms with E-state index in [1.807, 2.05) is 41.4 Å². The standard InChI is InChI=1S/C26H23ClFN5O/c27-17-8-11-22(29-13-17)25-23(32-12-4-3-7-24(32)30-25)16-31-14-19-10-9-18(31)15-33(19)26(34)20-5-1-2-6-21(20)28/h1-8,11-13,18-19H,9-10,14-16H2. The number of amides is 1. The summed E-state index contributed by atoms with van der Waals surface area (Å²) in [6, 6.07) is 16.2. The first-order valence-corrected chi connectivity index (χ1v) is 11.8. The van der Waals surface area contributed by atoms with Gasteiger partial charge in [-0.15, -0.1) is 0 Å². The van der Waals surface area contributed by atoms with Gasteiger partial charge in [-0.1, -0.05) is 29.8 Å². The minimum absolute atomic E-state index is 0.0633. The molecule has 3 aliphatic heterocycles. The molecule has 3 aromatic heterocycles. The number of rotatable bonds is 4. The van der Waals surface area contributed by atoms with E-state index in [4.69, 9.17) is 16.6 Å². The predicted octanol–water partition coefficient (Wildman–Crippen LogP) is 4.68. The Balaban J connectivity index is 1.29. The molecule has 1 amide bonds. The second-order valence-corrected chi connectivity index (χ2v) is 9.39. The molecule has 6 nitrogen and oxygen atoms in total. The van der Waals surface area contributed by atoms with Crippen LogP contribution in [0.2, 0.25) is 5.02 Å². The molecule has 0 N–H and O–H groups in total. The van der Waals surface area contributed by atoms with E-state index in [2.05, 4.69) is 14.3 Å². The van der Waals surface area contributed by atoms with Crippen molar-refractivity contribution in [3.05, 3.63) is 89.1 Å². The molecule has 3 aliphatic rings. The van der Waals surface area contributed by atoms with Crippen LogP contribution < -0.4 is 0 Å². The number of fused-ring (bicyclic) bond motifs is 4. The Kier molecular flexibility index (Phi) is 5.31. The second kappa shape index (κ2) is 8.49. The van der Waals surface area contributed by atoms with E-state index in [1.165, 1.54) is 6.07 Å². The Hall–Kier alpha value is -3.29. The third kappa shape index (κ3) is 3.65. The summed E-state index contributed by atoms with van der Waals surface area (Å²) in [5, 5.41) is 0.585. The summed E-state index contributed by atoms with van der Waals surface area (Å²) in [4.78, 5) is 26.8. The first-order valence-electron chi connectivity index (χ1n) is 11.5. The number of hydrogen-bond acceptors (Lipinski definition) is 4. The van der Waals surface area contributed by atoms with E-state index in [-0.39, 0.29) is 23.6 Å². The van der Waals surface area contributed by atoms with Crippen molar-refractivity contribution in [3.8, 4) is 11.4 Å². The molecule has 2 unspecified atom stereocenters. The molecule has 3 saturated heterocycles. The fourth-order valence-electron chi connectivity index (χ4n) is 5.26. The Labute approximate surface area is 201 Å². The number of nitrogens with zero attached hydrogens (tertiary/aromatic N) is 5.